The standard InChI is InChI=1S/C21H27FN4O2.HI/c1-3-23-21(24-15-16-7-8-20(27)19(22)13-16)26-11-9-25(10-12-26)17-5-4-6-18(14-17)28-2;/h4-8,13-14,27H,3,9-12,15H2,1-2H3,(H,23,24);1H. The van der Waals surface area contributed by atoms with Crippen molar-refractivity contribution >= 4 is 35.6 Å². The Hall–Kier alpha value is -2.23. The van der Waals surface area contributed by atoms with Crippen molar-refractivity contribution in [3.05, 3.63) is 53.8 Å². The van der Waals surface area contributed by atoms with Crippen molar-refractivity contribution in [3.8, 4) is 11.5 Å². The minimum atomic E-state index is -0.621. The van der Waals surface area contributed by atoms with Gasteiger partial charge in [0, 0.05) is 44.5 Å². The maximum Gasteiger partial charge on any atom is 0.194 e. The van der Waals surface area contributed by atoms with Gasteiger partial charge >= 0.3 is 0 Å². The largest absolute Gasteiger partial charge is 0.505 e. The van der Waals surface area contributed by atoms with Gasteiger partial charge in [0.15, 0.2) is 17.5 Å². The zero-order valence-electron chi connectivity index (χ0n) is 16.8. The highest BCUT2D eigenvalue weighted by Gasteiger charge is 2.20. The highest BCUT2D eigenvalue weighted by atomic mass is 127. The van der Waals surface area contributed by atoms with E-state index in [1.807, 2.05) is 25.1 Å². The first-order valence-electron chi connectivity index (χ1n) is 9.50. The van der Waals surface area contributed by atoms with E-state index in [-0.39, 0.29) is 29.7 Å². The SMILES string of the molecule is CCNC(=NCc1ccc(O)c(F)c1)N1CCN(c2cccc(OC)c2)CC1.I. The first-order valence-corrected chi connectivity index (χ1v) is 9.50. The van der Waals surface area contributed by atoms with Gasteiger partial charge in [-0.2, -0.15) is 0 Å². The highest BCUT2D eigenvalue weighted by molar-refractivity contribution is 14.0. The molecule has 1 aliphatic rings. The number of phenolic OH excluding ortho intramolecular Hbond substituents is 1. The number of aromatic hydroxyl groups is 1. The molecule has 29 heavy (non-hydrogen) atoms. The maximum absolute atomic E-state index is 13.5. The number of guanidine groups is 1. The van der Waals surface area contributed by atoms with Crippen molar-refractivity contribution in [1.29, 1.82) is 0 Å². The molecule has 3 rings (SSSR count). The fourth-order valence-corrected chi connectivity index (χ4v) is 3.22. The van der Waals surface area contributed by atoms with Gasteiger partial charge in [-0.25, -0.2) is 9.38 Å². The molecule has 0 aromatic heterocycles. The van der Waals surface area contributed by atoms with Gasteiger partial charge in [0.1, 0.15) is 5.75 Å². The van der Waals surface area contributed by atoms with Gasteiger partial charge in [-0.05, 0) is 36.8 Å². The summed E-state index contributed by atoms with van der Waals surface area (Å²) in [6.45, 7) is 6.59. The highest BCUT2D eigenvalue weighted by Crippen LogP contribution is 2.22. The molecule has 0 saturated carbocycles. The Balaban J connectivity index is 0.00000300. The van der Waals surface area contributed by atoms with Crippen LogP contribution in [0.15, 0.2) is 47.5 Å². The molecule has 2 aromatic carbocycles. The molecule has 158 valence electrons. The predicted molar refractivity (Wildman–Crippen MR) is 125 cm³/mol. The van der Waals surface area contributed by atoms with Gasteiger partial charge in [0.25, 0.3) is 0 Å². The molecule has 0 atom stereocenters. The third-order valence-corrected chi connectivity index (χ3v) is 4.76. The van der Waals surface area contributed by atoms with E-state index in [0.717, 1.165) is 55.7 Å². The van der Waals surface area contributed by atoms with Crippen LogP contribution < -0.4 is 15.0 Å². The predicted octanol–water partition coefficient (Wildman–Crippen LogP) is 3.45. The number of nitrogens with one attached hydrogen (secondary N) is 1. The Bertz CT molecular complexity index is 826. The number of phenols is 1. The van der Waals surface area contributed by atoms with E-state index < -0.39 is 5.82 Å². The summed E-state index contributed by atoms with van der Waals surface area (Å²) in [5.74, 6) is 0.718. The molecule has 1 heterocycles. The minimum absolute atomic E-state index is 0. The van der Waals surface area contributed by atoms with Crippen molar-refractivity contribution in [2.75, 3.05) is 44.7 Å². The fraction of sp³-hybridized carbons (Fsp3) is 0.381. The number of benzene rings is 2. The van der Waals surface area contributed by atoms with Crippen LogP contribution in [0.3, 0.4) is 0 Å². The Morgan fingerprint density at radius 1 is 1.17 bits per heavy atom. The molecule has 6 nitrogen and oxygen atoms in total. The van der Waals surface area contributed by atoms with Crippen LogP contribution in [0.25, 0.3) is 0 Å². The number of anilines is 1. The number of aliphatic imine (C=N–C) groups is 1. The molecule has 0 unspecified atom stereocenters. The Morgan fingerprint density at radius 2 is 1.93 bits per heavy atom. The molecule has 2 aromatic rings. The molecule has 8 heteroatoms. The van der Waals surface area contributed by atoms with Crippen molar-refractivity contribution in [3.63, 3.8) is 0 Å². The molecular weight excluding hydrogens is 486 g/mol. The molecule has 1 fully saturated rings. The number of methoxy groups -OCH3 is 1. The van der Waals surface area contributed by atoms with E-state index in [9.17, 15) is 9.50 Å². The van der Waals surface area contributed by atoms with Crippen LogP contribution in [0.1, 0.15) is 12.5 Å². The summed E-state index contributed by atoms with van der Waals surface area (Å²) in [7, 11) is 1.68. The average molecular weight is 514 g/mol. The quantitative estimate of drug-likeness (QED) is 0.364. The average Bonchev–Trinajstić information content (AvgIpc) is 2.73. The molecule has 0 radical (unpaired) electrons. The molecule has 0 amide bonds. The molecule has 2 N–H and O–H groups in total. The van der Waals surface area contributed by atoms with Crippen LogP contribution in [0.4, 0.5) is 10.1 Å². The molecule has 0 bridgehead atoms. The summed E-state index contributed by atoms with van der Waals surface area (Å²) in [5, 5.41) is 12.6. The monoisotopic (exact) mass is 514 g/mol. The summed E-state index contributed by atoms with van der Waals surface area (Å²) in [4.78, 5) is 9.20. The Morgan fingerprint density at radius 3 is 2.59 bits per heavy atom. The first-order chi connectivity index (χ1) is 13.6. The molecule has 1 aliphatic heterocycles. The van der Waals surface area contributed by atoms with Crippen molar-refractivity contribution < 1.29 is 14.2 Å². The second-order valence-corrected chi connectivity index (χ2v) is 6.63. The van der Waals surface area contributed by atoms with Gasteiger partial charge in [-0.15, -0.1) is 24.0 Å². The van der Waals surface area contributed by atoms with Gasteiger partial charge in [-0.3, -0.25) is 0 Å². The second kappa shape index (κ2) is 11.1. The number of rotatable bonds is 5. The third kappa shape index (κ3) is 6.12. The lowest BCUT2D eigenvalue weighted by Crippen LogP contribution is -2.52. The van der Waals surface area contributed by atoms with Crippen LogP contribution in [-0.4, -0.2) is 55.8 Å². The van der Waals surface area contributed by atoms with Crippen molar-refractivity contribution in [2.24, 2.45) is 4.99 Å². The number of hydrogen-bond acceptors (Lipinski definition) is 4. The van der Waals surface area contributed by atoms with Gasteiger partial charge in [0.05, 0.1) is 13.7 Å². The summed E-state index contributed by atoms with van der Waals surface area (Å²) in [5.41, 5.74) is 1.88. The topological polar surface area (TPSA) is 60.3 Å². The zero-order valence-corrected chi connectivity index (χ0v) is 19.1. The normalized spacial score (nSPS) is 14.4. The van der Waals surface area contributed by atoms with Gasteiger partial charge < -0.3 is 25.0 Å². The Kier molecular flexibility index (Phi) is 8.81. The summed E-state index contributed by atoms with van der Waals surface area (Å²) in [6, 6.07) is 12.5. The van der Waals surface area contributed by atoms with Crippen LogP contribution in [0.2, 0.25) is 0 Å². The second-order valence-electron chi connectivity index (χ2n) is 6.63. The minimum Gasteiger partial charge on any atom is -0.505 e. The number of ether oxygens (including phenoxy) is 1. The third-order valence-electron chi connectivity index (χ3n) is 4.76. The van der Waals surface area contributed by atoms with Gasteiger partial charge in [-0.1, -0.05) is 12.1 Å². The van der Waals surface area contributed by atoms with E-state index in [2.05, 4.69) is 26.2 Å². The van der Waals surface area contributed by atoms with E-state index in [1.165, 1.54) is 12.1 Å². The van der Waals surface area contributed by atoms with E-state index in [0.29, 0.717) is 6.54 Å². The lowest BCUT2D eigenvalue weighted by Gasteiger charge is -2.37. The summed E-state index contributed by atoms with van der Waals surface area (Å²) >= 11 is 0. The molecule has 1 saturated heterocycles. The molecule has 0 aliphatic carbocycles. The van der Waals surface area contributed by atoms with Crippen LogP contribution in [-0.2, 0) is 6.54 Å². The number of halogens is 2. The van der Waals surface area contributed by atoms with E-state index >= 15 is 0 Å². The van der Waals surface area contributed by atoms with E-state index in [1.54, 1.807) is 13.2 Å². The number of nitrogens with zero attached hydrogens (tertiary/aromatic N) is 3. The fourth-order valence-electron chi connectivity index (χ4n) is 3.22. The molecular formula is C21H28FIN4O2. The van der Waals surface area contributed by atoms with E-state index in [4.69, 9.17) is 4.74 Å². The zero-order chi connectivity index (χ0) is 19.9. The van der Waals surface area contributed by atoms with Crippen LogP contribution in [0.5, 0.6) is 11.5 Å². The smallest absolute Gasteiger partial charge is 0.194 e. The number of piperazine rings is 1. The lowest BCUT2D eigenvalue weighted by molar-refractivity contribution is 0.372. The summed E-state index contributed by atoms with van der Waals surface area (Å²) in [6.07, 6.45) is 0. The number of hydrogen-bond donors (Lipinski definition) is 2. The maximum atomic E-state index is 13.5. The van der Waals surface area contributed by atoms with Crippen molar-refractivity contribution in [2.45, 2.75) is 13.5 Å². The van der Waals surface area contributed by atoms with Crippen LogP contribution >= 0.6 is 24.0 Å². The first kappa shape index (κ1) is 23.1. The lowest BCUT2D eigenvalue weighted by atomic mass is 10.2. The molecule has 0 spiro atoms. The van der Waals surface area contributed by atoms with Crippen molar-refractivity contribution in [1.82, 2.24) is 10.2 Å². The Labute approximate surface area is 188 Å². The van der Waals surface area contributed by atoms with Crippen LogP contribution in [0, 0.1) is 5.82 Å². The van der Waals surface area contributed by atoms with Gasteiger partial charge in [0.2, 0.25) is 0 Å². The summed E-state index contributed by atoms with van der Waals surface area (Å²) < 4.78 is 18.8.